The predicted molar refractivity (Wildman–Crippen MR) is 192 cm³/mol. The van der Waals surface area contributed by atoms with E-state index in [-0.39, 0.29) is 16.4 Å². The van der Waals surface area contributed by atoms with E-state index >= 15 is 0 Å². The number of aromatic nitrogens is 2. The highest BCUT2D eigenvalue weighted by molar-refractivity contribution is 6.09. The summed E-state index contributed by atoms with van der Waals surface area (Å²) in [6.45, 7) is 19.2. The lowest BCUT2D eigenvalue weighted by Crippen LogP contribution is -2.42. The summed E-state index contributed by atoms with van der Waals surface area (Å²) in [7, 11) is 0. The van der Waals surface area contributed by atoms with Crippen LogP contribution in [0.2, 0.25) is 0 Å². The zero-order valence-corrected chi connectivity index (χ0v) is 27.9. The van der Waals surface area contributed by atoms with Crippen LogP contribution in [0.4, 0.5) is 17.1 Å². The zero-order chi connectivity index (χ0) is 31.7. The van der Waals surface area contributed by atoms with Gasteiger partial charge in [-0.1, -0.05) is 89.2 Å². The second-order valence-corrected chi connectivity index (χ2v) is 15.1. The van der Waals surface area contributed by atoms with Crippen LogP contribution < -0.4 is 9.80 Å². The first-order chi connectivity index (χ1) is 21.3. The average Bonchev–Trinajstić information content (AvgIpc) is 3.57. The second-order valence-electron chi connectivity index (χ2n) is 15.1. The van der Waals surface area contributed by atoms with Crippen LogP contribution in [0.15, 0.2) is 109 Å². The van der Waals surface area contributed by atoms with E-state index in [4.69, 9.17) is 4.98 Å². The Hall–Kier alpha value is -4.57. The van der Waals surface area contributed by atoms with Crippen LogP contribution in [0, 0.1) is 0 Å². The van der Waals surface area contributed by atoms with Crippen LogP contribution in [0.5, 0.6) is 0 Å². The summed E-state index contributed by atoms with van der Waals surface area (Å²) in [5, 5.41) is 2.50. The van der Waals surface area contributed by atoms with Gasteiger partial charge in [0, 0.05) is 33.6 Å². The van der Waals surface area contributed by atoms with Crippen molar-refractivity contribution in [1.29, 1.82) is 0 Å². The molecule has 0 bridgehead atoms. The lowest BCUT2D eigenvalue weighted by Gasteiger charge is -2.34. The van der Waals surface area contributed by atoms with Gasteiger partial charge in [0.05, 0.1) is 29.1 Å². The quantitative estimate of drug-likeness (QED) is 0.204. The Morgan fingerprint density at radius 3 is 2.02 bits per heavy atom. The molecule has 0 radical (unpaired) electrons. The fraction of sp³-hybridized carbons (Fsp3) is 0.293. The Bertz CT molecular complexity index is 2050. The first-order valence-corrected chi connectivity index (χ1v) is 16.1. The van der Waals surface area contributed by atoms with Crippen LogP contribution >= 0.6 is 0 Å². The van der Waals surface area contributed by atoms with Crippen LogP contribution in [-0.2, 0) is 10.8 Å². The van der Waals surface area contributed by atoms with Crippen LogP contribution in [-0.4, -0.2) is 21.8 Å². The maximum atomic E-state index is 4.90. The molecule has 0 fully saturated rings. The van der Waals surface area contributed by atoms with E-state index in [0.717, 1.165) is 12.5 Å². The van der Waals surface area contributed by atoms with Crippen molar-refractivity contribution in [3.05, 3.63) is 126 Å². The lowest BCUT2D eigenvalue weighted by molar-refractivity contribution is 0.518. The first-order valence-electron chi connectivity index (χ1n) is 16.1. The Morgan fingerprint density at radius 1 is 0.578 bits per heavy atom. The van der Waals surface area contributed by atoms with Crippen molar-refractivity contribution in [2.45, 2.75) is 71.8 Å². The van der Waals surface area contributed by atoms with E-state index in [0.29, 0.717) is 0 Å². The number of benzene rings is 4. The highest BCUT2D eigenvalue weighted by Gasteiger charge is 2.34. The molecule has 0 saturated heterocycles. The van der Waals surface area contributed by atoms with Gasteiger partial charge in [-0.25, -0.2) is 4.98 Å². The Kier molecular flexibility index (Phi) is 6.63. The molecule has 45 heavy (non-hydrogen) atoms. The van der Waals surface area contributed by atoms with Crippen LogP contribution in [0.3, 0.4) is 0 Å². The second kappa shape index (κ2) is 10.2. The normalized spacial score (nSPS) is 14.0. The molecule has 0 N–H and O–H groups in total. The summed E-state index contributed by atoms with van der Waals surface area (Å²) >= 11 is 0. The highest BCUT2D eigenvalue weighted by atomic mass is 15.4. The molecule has 1 aliphatic rings. The summed E-state index contributed by atoms with van der Waals surface area (Å²) in [5.74, 6) is 0.960. The molecule has 0 spiro atoms. The Labute approximate surface area is 267 Å². The molecule has 4 aromatic carbocycles. The van der Waals surface area contributed by atoms with Gasteiger partial charge in [0.15, 0.2) is 0 Å². The summed E-state index contributed by atoms with van der Waals surface area (Å²) < 4.78 is 2.35. The molecule has 6 aromatic rings. The van der Waals surface area contributed by atoms with Crippen molar-refractivity contribution in [2.75, 3.05) is 16.5 Å². The largest absolute Gasteiger partial charge is 0.347 e. The van der Waals surface area contributed by atoms with Gasteiger partial charge in [-0.05, 0) is 91.4 Å². The molecule has 228 valence electrons. The summed E-state index contributed by atoms with van der Waals surface area (Å²) in [5.41, 5.74) is 9.82. The third-order valence-electron chi connectivity index (χ3n) is 9.67. The van der Waals surface area contributed by atoms with Crippen molar-refractivity contribution in [3.63, 3.8) is 0 Å². The number of pyridine rings is 1. The smallest absolute Gasteiger partial charge is 0.137 e. The molecular weight excluding hydrogens is 548 g/mol. The maximum Gasteiger partial charge on any atom is 0.137 e. The molecule has 4 nitrogen and oxygen atoms in total. The topological polar surface area (TPSA) is 24.3 Å². The van der Waals surface area contributed by atoms with Crippen molar-refractivity contribution in [3.8, 4) is 5.82 Å². The third-order valence-corrected chi connectivity index (χ3v) is 9.67. The summed E-state index contributed by atoms with van der Waals surface area (Å²) in [6.07, 6.45) is 1.95. The summed E-state index contributed by atoms with van der Waals surface area (Å²) in [4.78, 5) is 9.85. The van der Waals surface area contributed by atoms with E-state index < -0.39 is 0 Å². The van der Waals surface area contributed by atoms with Gasteiger partial charge >= 0.3 is 0 Å². The molecular formula is C41H44N4. The highest BCUT2D eigenvalue weighted by Crippen LogP contribution is 2.45. The number of hydrogen-bond donors (Lipinski definition) is 0. The van der Waals surface area contributed by atoms with Crippen LogP contribution in [0.1, 0.15) is 72.1 Å². The Balaban J connectivity index is 1.34. The molecule has 0 unspecified atom stereocenters. The van der Waals surface area contributed by atoms with Gasteiger partial charge in [-0.15, -0.1) is 0 Å². The van der Waals surface area contributed by atoms with Gasteiger partial charge in [0.2, 0.25) is 0 Å². The minimum absolute atomic E-state index is 0.0247. The number of hydrogen-bond acceptors (Lipinski definition) is 3. The molecule has 4 heteroatoms. The Morgan fingerprint density at radius 2 is 1.27 bits per heavy atom. The number of anilines is 3. The van der Waals surface area contributed by atoms with E-state index in [9.17, 15) is 0 Å². The van der Waals surface area contributed by atoms with E-state index in [1.807, 2.05) is 6.20 Å². The van der Waals surface area contributed by atoms with Crippen molar-refractivity contribution >= 4 is 38.9 Å². The van der Waals surface area contributed by atoms with Crippen molar-refractivity contribution in [2.24, 2.45) is 0 Å². The number of fused-ring (bicyclic) bond motifs is 4. The number of rotatable bonds is 4. The minimum atomic E-state index is -0.227. The molecule has 0 saturated carbocycles. The SMILES string of the molecule is CC(C)(C)c1ccnc(-n2c3ccccc3c3ccc(C(C)(C)c4cccc(N5CN(C(C)(C)C)c6ccccc65)c4)cc32)c1. The number of nitrogens with zero attached hydrogens (tertiary/aromatic N) is 4. The van der Waals surface area contributed by atoms with E-state index in [1.54, 1.807) is 0 Å². The molecule has 0 amide bonds. The molecule has 0 atom stereocenters. The van der Waals surface area contributed by atoms with Gasteiger partial charge in [-0.2, -0.15) is 0 Å². The average molecular weight is 593 g/mol. The van der Waals surface area contributed by atoms with E-state index in [1.165, 1.54) is 55.6 Å². The minimum Gasteiger partial charge on any atom is -0.347 e. The predicted octanol–water partition coefficient (Wildman–Crippen LogP) is 10.5. The third kappa shape index (κ3) is 4.88. The number of para-hydroxylation sites is 3. The monoisotopic (exact) mass is 592 g/mol. The first kappa shape index (κ1) is 29.2. The fourth-order valence-corrected chi connectivity index (χ4v) is 6.85. The van der Waals surface area contributed by atoms with Gasteiger partial charge < -0.3 is 9.80 Å². The maximum absolute atomic E-state index is 4.90. The lowest BCUT2D eigenvalue weighted by atomic mass is 9.77. The fourth-order valence-electron chi connectivity index (χ4n) is 6.85. The van der Waals surface area contributed by atoms with Gasteiger partial charge in [0.1, 0.15) is 5.82 Å². The molecule has 1 aliphatic heterocycles. The van der Waals surface area contributed by atoms with E-state index in [2.05, 4.69) is 173 Å². The molecule has 2 aromatic heterocycles. The van der Waals surface area contributed by atoms with Crippen molar-refractivity contribution < 1.29 is 0 Å². The van der Waals surface area contributed by atoms with Crippen molar-refractivity contribution in [1.82, 2.24) is 9.55 Å². The van der Waals surface area contributed by atoms with Gasteiger partial charge in [-0.3, -0.25) is 4.57 Å². The van der Waals surface area contributed by atoms with Crippen LogP contribution in [0.25, 0.3) is 27.6 Å². The van der Waals surface area contributed by atoms with Gasteiger partial charge in [0.25, 0.3) is 0 Å². The summed E-state index contributed by atoms with van der Waals surface area (Å²) in [6, 6.07) is 38.0. The molecule has 7 rings (SSSR count). The standard InChI is InChI=1S/C41H44N4/c1-39(2,3)28-22-23-42-38(26-28)45-34-17-10-9-16-32(34)33-21-20-30(25-37(33)45)41(7,8)29-14-13-15-31(24-29)43-27-44(40(4,5)6)36-19-12-11-18-35(36)43/h9-26H,27H2,1-8H3. The molecule has 3 heterocycles. The zero-order valence-electron chi connectivity index (χ0n) is 27.9. The molecule has 0 aliphatic carbocycles.